The molecular weight excluding hydrogens is 362 g/mol. The van der Waals surface area contributed by atoms with Crippen LogP contribution in [0.5, 0.6) is 17.2 Å². The zero-order valence-corrected chi connectivity index (χ0v) is 15.7. The molecule has 8 heteroatoms. The Morgan fingerprint density at radius 1 is 1.00 bits per heavy atom. The van der Waals surface area contributed by atoms with Crippen molar-refractivity contribution in [3.63, 3.8) is 0 Å². The van der Waals surface area contributed by atoms with Crippen molar-refractivity contribution in [1.82, 2.24) is 10.2 Å². The van der Waals surface area contributed by atoms with Gasteiger partial charge in [0.25, 0.3) is 5.91 Å². The summed E-state index contributed by atoms with van der Waals surface area (Å²) in [6.45, 7) is 4.64. The summed E-state index contributed by atoms with van der Waals surface area (Å²) in [4.78, 5) is 12.3. The van der Waals surface area contributed by atoms with Crippen molar-refractivity contribution < 1.29 is 23.4 Å². The molecule has 2 aromatic carbocycles. The second-order valence-corrected chi connectivity index (χ2v) is 5.63. The maximum Gasteiger partial charge on any atom is 0.262 e. The Bertz CT molecular complexity index is 895. The Hall–Kier alpha value is -3.55. The fourth-order valence-electron chi connectivity index (χ4n) is 2.47. The molecule has 0 fully saturated rings. The third kappa shape index (κ3) is 5.00. The van der Waals surface area contributed by atoms with E-state index in [2.05, 4.69) is 15.5 Å². The lowest BCUT2D eigenvalue weighted by molar-refractivity contribution is -0.118. The van der Waals surface area contributed by atoms with Crippen LogP contribution in [0.25, 0.3) is 11.5 Å². The fraction of sp³-hybridized carbons (Fsp3) is 0.250. The molecule has 1 amide bonds. The van der Waals surface area contributed by atoms with Crippen molar-refractivity contribution in [2.45, 2.75) is 13.8 Å². The summed E-state index contributed by atoms with van der Waals surface area (Å²) in [5.41, 5.74) is 1.30. The molecule has 3 aromatic rings. The van der Waals surface area contributed by atoms with Crippen molar-refractivity contribution in [2.75, 3.05) is 25.1 Å². The zero-order chi connectivity index (χ0) is 19.8. The van der Waals surface area contributed by atoms with E-state index in [4.69, 9.17) is 18.6 Å². The van der Waals surface area contributed by atoms with E-state index >= 15 is 0 Å². The summed E-state index contributed by atoms with van der Waals surface area (Å²) < 4.78 is 21.7. The minimum absolute atomic E-state index is 0.148. The molecule has 0 unspecified atom stereocenters. The number of anilines is 1. The number of hydrogen-bond donors (Lipinski definition) is 1. The van der Waals surface area contributed by atoms with E-state index < -0.39 is 0 Å². The molecule has 28 heavy (non-hydrogen) atoms. The lowest BCUT2D eigenvalue weighted by atomic mass is 10.2. The maximum atomic E-state index is 12.3. The molecule has 8 nitrogen and oxygen atoms in total. The number of carbonyl (C=O) groups is 1. The first-order valence-electron chi connectivity index (χ1n) is 8.88. The highest BCUT2D eigenvalue weighted by Gasteiger charge is 2.11. The topological polar surface area (TPSA) is 95.7 Å². The molecule has 1 heterocycles. The van der Waals surface area contributed by atoms with Gasteiger partial charge in [-0.2, -0.15) is 0 Å². The van der Waals surface area contributed by atoms with Crippen LogP contribution in [0.2, 0.25) is 0 Å². The Labute approximate surface area is 162 Å². The van der Waals surface area contributed by atoms with Crippen LogP contribution in [0.4, 0.5) is 5.69 Å². The summed E-state index contributed by atoms with van der Waals surface area (Å²) >= 11 is 0. The second kappa shape index (κ2) is 9.40. The first-order valence-corrected chi connectivity index (χ1v) is 8.88. The van der Waals surface area contributed by atoms with Gasteiger partial charge in [0.2, 0.25) is 12.3 Å². The van der Waals surface area contributed by atoms with Crippen LogP contribution >= 0.6 is 0 Å². The minimum atomic E-state index is -0.310. The standard InChI is InChI=1S/C20H21N3O5/c1-3-25-16-9-10-18(26-4-2)17(11-16)22-19(24)12-27-15-7-5-14(6-8-15)20-23-21-13-28-20/h5-11,13H,3-4,12H2,1-2H3,(H,22,24). The van der Waals surface area contributed by atoms with Crippen LogP contribution < -0.4 is 19.5 Å². The molecular formula is C20H21N3O5. The zero-order valence-electron chi connectivity index (χ0n) is 15.7. The van der Waals surface area contributed by atoms with Crippen molar-refractivity contribution in [2.24, 2.45) is 0 Å². The number of nitrogens with one attached hydrogen (secondary N) is 1. The molecule has 0 aliphatic rings. The minimum Gasteiger partial charge on any atom is -0.494 e. The molecule has 0 spiro atoms. The quantitative estimate of drug-likeness (QED) is 0.603. The van der Waals surface area contributed by atoms with Gasteiger partial charge in [-0.05, 0) is 50.2 Å². The van der Waals surface area contributed by atoms with E-state index in [-0.39, 0.29) is 12.5 Å². The van der Waals surface area contributed by atoms with Crippen molar-refractivity contribution in [1.29, 1.82) is 0 Å². The highest BCUT2D eigenvalue weighted by molar-refractivity contribution is 5.93. The summed E-state index contributed by atoms with van der Waals surface area (Å²) in [6, 6.07) is 12.3. The van der Waals surface area contributed by atoms with Crippen LogP contribution in [-0.2, 0) is 4.79 Å². The molecule has 1 N–H and O–H groups in total. The number of rotatable bonds is 9. The van der Waals surface area contributed by atoms with Crippen molar-refractivity contribution >= 4 is 11.6 Å². The molecule has 1 aromatic heterocycles. The van der Waals surface area contributed by atoms with Crippen molar-refractivity contribution in [3.8, 4) is 28.7 Å². The molecule has 0 aliphatic carbocycles. The van der Waals surface area contributed by atoms with Gasteiger partial charge in [-0.25, -0.2) is 0 Å². The van der Waals surface area contributed by atoms with Gasteiger partial charge in [-0.15, -0.1) is 10.2 Å². The van der Waals surface area contributed by atoms with Crippen LogP contribution in [-0.4, -0.2) is 35.9 Å². The van der Waals surface area contributed by atoms with Gasteiger partial charge >= 0.3 is 0 Å². The van der Waals surface area contributed by atoms with Crippen molar-refractivity contribution in [3.05, 3.63) is 48.9 Å². The normalized spacial score (nSPS) is 10.4. The Morgan fingerprint density at radius 3 is 2.43 bits per heavy atom. The van der Waals surface area contributed by atoms with Crippen LogP contribution in [0.1, 0.15) is 13.8 Å². The first-order chi connectivity index (χ1) is 13.7. The number of carbonyl (C=O) groups excluding carboxylic acids is 1. The SMILES string of the molecule is CCOc1ccc(OCC)c(NC(=O)COc2ccc(-c3nnco3)cc2)c1. The third-order valence-corrected chi connectivity index (χ3v) is 3.67. The average Bonchev–Trinajstić information content (AvgIpc) is 3.24. The summed E-state index contributed by atoms with van der Waals surface area (Å²) in [7, 11) is 0. The summed E-state index contributed by atoms with van der Waals surface area (Å²) in [6.07, 6.45) is 1.27. The molecule has 0 saturated heterocycles. The number of aromatic nitrogens is 2. The first kappa shape index (κ1) is 19.2. The second-order valence-electron chi connectivity index (χ2n) is 5.63. The molecule has 0 saturated carbocycles. The van der Waals surface area contributed by atoms with Gasteiger partial charge in [0.1, 0.15) is 17.2 Å². The van der Waals surface area contributed by atoms with Gasteiger partial charge < -0.3 is 23.9 Å². The molecule has 146 valence electrons. The smallest absolute Gasteiger partial charge is 0.262 e. The number of ether oxygens (including phenoxy) is 3. The van der Waals surface area contributed by atoms with E-state index in [0.29, 0.717) is 42.0 Å². The summed E-state index contributed by atoms with van der Waals surface area (Å²) in [5.74, 6) is 1.88. The predicted molar refractivity (Wildman–Crippen MR) is 103 cm³/mol. The number of hydrogen-bond acceptors (Lipinski definition) is 7. The van der Waals surface area contributed by atoms with E-state index in [0.717, 1.165) is 5.56 Å². The van der Waals surface area contributed by atoms with E-state index in [1.54, 1.807) is 42.5 Å². The van der Waals surface area contributed by atoms with Gasteiger partial charge in [0, 0.05) is 11.6 Å². The number of amides is 1. The lowest BCUT2D eigenvalue weighted by Gasteiger charge is -2.14. The number of benzene rings is 2. The molecule has 0 bridgehead atoms. The van der Waals surface area contributed by atoms with E-state index in [1.807, 2.05) is 13.8 Å². The van der Waals surface area contributed by atoms with Gasteiger partial charge in [0.15, 0.2) is 6.61 Å². The molecule has 0 aliphatic heterocycles. The van der Waals surface area contributed by atoms with E-state index in [1.165, 1.54) is 6.39 Å². The van der Waals surface area contributed by atoms with Crippen LogP contribution in [0, 0.1) is 0 Å². The lowest BCUT2D eigenvalue weighted by Crippen LogP contribution is -2.20. The largest absolute Gasteiger partial charge is 0.494 e. The highest BCUT2D eigenvalue weighted by Crippen LogP contribution is 2.29. The Balaban J connectivity index is 1.60. The van der Waals surface area contributed by atoms with Crippen LogP contribution in [0.15, 0.2) is 53.3 Å². The maximum absolute atomic E-state index is 12.3. The monoisotopic (exact) mass is 383 g/mol. The van der Waals surface area contributed by atoms with Gasteiger partial charge in [0.05, 0.1) is 18.9 Å². The summed E-state index contributed by atoms with van der Waals surface area (Å²) in [5, 5.41) is 10.3. The highest BCUT2D eigenvalue weighted by atomic mass is 16.5. The van der Waals surface area contributed by atoms with Gasteiger partial charge in [-0.1, -0.05) is 0 Å². The molecule has 0 atom stereocenters. The van der Waals surface area contributed by atoms with Gasteiger partial charge in [-0.3, -0.25) is 4.79 Å². The molecule has 0 radical (unpaired) electrons. The number of nitrogens with zero attached hydrogens (tertiary/aromatic N) is 2. The Kier molecular flexibility index (Phi) is 6.46. The third-order valence-electron chi connectivity index (χ3n) is 3.67. The predicted octanol–water partition coefficient (Wildman–Crippen LogP) is 3.55. The Morgan fingerprint density at radius 2 is 1.75 bits per heavy atom. The average molecular weight is 383 g/mol. The fourth-order valence-corrected chi connectivity index (χ4v) is 2.47. The van der Waals surface area contributed by atoms with Crippen LogP contribution in [0.3, 0.4) is 0 Å². The van der Waals surface area contributed by atoms with E-state index in [9.17, 15) is 4.79 Å². The molecule has 3 rings (SSSR count).